The zero-order valence-corrected chi connectivity index (χ0v) is 12.8. The third-order valence-electron chi connectivity index (χ3n) is 3.02. The number of hydrogen-bond donors (Lipinski definition) is 3. The molecule has 1 aromatic rings. The molecule has 3 amide bonds. The molecule has 8 heteroatoms. The van der Waals surface area contributed by atoms with E-state index in [-0.39, 0.29) is 19.0 Å². The molecule has 0 spiro atoms. The van der Waals surface area contributed by atoms with Crippen LogP contribution in [0.5, 0.6) is 0 Å². The fourth-order valence-electron chi connectivity index (χ4n) is 2.08. The molecular weight excluding hydrogens is 342 g/mol. The number of carboxylic acid groups (broad SMARTS) is 1. The zero-order chi connectivity index (χ0) is 15.6. The largest absolute Gasteiger partial charge is 0.480 e. The van der Waals surface area contributed by atoms with E-state index in [9.17, 15) is 14.4 Å². The van der Waals surface area contributed by atoms with Crippen molar-refractivity contribution in [1.29, 1.82) is 0 Å². The maximum Gasteiger partial charge on any atom is 0.328 e. The number of carbonyl (C=O) groups excluding carboxylic acids is 2. The van der Waals surface area contributed by atoms with Gasteiger partial charge in [-0.05, 0) is 30.7 Å². The van der Waals surface area contributed by atoms with Crippen molar-refractivity contribution in [2.75, 3.05) is 18.4 Å². The second kappa shape index (κ2) is 6.13. The molecule has 2 rings (SSSR count). The predicted octanol–water partition coefficient (Wildman–Crippen LogP) is 1.17. The van der Waals surface area contributed by atoms with Gasteiger partial charge in [-0.2, -0.15) is 0 Å². The summed E-state index contributed by atoms with van der Waals surface area (Å²) in [7, 11) is 0. The number of rotatable bonds is 2. The van der Waals surface area contributed by atoms with Gasteiger partial charge >= 0.3 is 12.0 Å². The van der Waals surface area contributed by atoms with Crippen LogP contribution in [0.2, 0.25) is 0 Å². The van der Waals surface area contributed by atoms with Crippen molar-refractivity contribution in [2.45, 2.75) is 13.0 Å². The molecule has 1 saturated heterocycles. The molecule has 1 heterocycles. The minimum Gasteiger partial charge on any atom is -0.480 e. The quantitative estimate of drug-likeness (QED) is 0.741. The van der Waals surface area contributed by atoms with Crippen LogP contribution in [0.25, 0.3) is 0 Å². The van der Waals surface area contributed by atoms with Gasteiger partial charge in [0, 0.05) is 16.7 Å². The van der Waals surface area contributed by atoms with E-state index in [2.05, 4.69) is 26.6 Å². The number of carboxylic acids is 1. The Morgan fingerprint density at radius 3 is 2.76 bits per heavy atom. The lowest BCUT2D eigenvalue weighted by Crippen LogP contribution is -2.60. The molecule has 7 nitrogen and oxygen atoms in total. The highest BCUT2D eigenvalue weighted by molar-refractivity contribution is 9.10. The summed E-state index contributed by atoms with van der Waals surface area (Å²) in [6.07, 6.45) is 0. The van der Waals surface area contributed by atoms with Gasteiger partial charge in [-0.25, -0.2) is 9.59 Å². The van der Waals surface area contributed by atoms with Crippen LogP contribution in [-0.4, -0.2) is 47.0 Å². The lowest BCUT2D eigenvalue weighted by atomic mass is 10.2. The zero-order valence-electron chi connectivity index (χ0n) is 11.2. The second-order valence-corrected chi connectivity index (χ2v) is 5.65. The molecule has 1 aromatic carbocycles. The van der Waals surface area contributed by atoms with Crippen LogP contribution in [0.3, 0.4) is 0 Å². The monoisotopic (exact) mass is 355 g/mol. The van der Waals surface area contributed by atoms with Gasteiger partial charge in [0.2, 0.25) is 5.91 Å². The summed E-state index contributed by atoms with van der Waals surface area (Å²) < 4.78 is 0.795. The summed E-state index contributed by atoms with van der Waals surface area (Å²) in [4.78, 5) is 35.7. The number of nitrogens with zero attached hydrogens (tertiary/aromatic N) is 1. The number of piperazine rings is 1. The van der Waals surface area contributed by atoms with E-state index in [0.29, 0.717) is 5.69 Å². The van der Waals surface area contributed by atoms with E-state index in [1.807, 2.05) is 13.0 Å². The second-order valence-electron chi connectivity index (χ2n) is 4.73. The minimum atomic E-state index is -1.16. The van der Waals surface area contributed by atoms with Gasteiger partial charge in [-0.3, -0.25) is 9.69 Å². The summed E-state index contributed by atoms with van der Waals surface area (Å²) in [5.74, 6) is -1.54. The molecule has 1 fully saturated rings. The van der Waals surface area contributed by atoms with Crippen molar-refractivity contribution in [1.82, 2.24) is 10.2 Å². The average molecular weight is 356 g/mol. The first-order valence-corrected chi connectivity index (χ1v) is 7.00. The third-order valence-corrected chi connectivity index (χ3v) is 3.48. The maximum absolute atomic E-state index is 12.2. The van der Waals surface area contributed by atoms with Gasteiger partial charge in [-0.1, -0.05) is 15.9 Å². The van der Waals surface area contributed by atoms with Crippen LogP contribution >= 0.6 is 15.9 Å². The van der Waals surface area contributed by atoms with Crippen molar-refractivity contribution >= 4 is 39.5 Å². The highest BCUT2D eigenvalue weighted by Crippen LogP contribution is 2.20. The third kappa shape index (κ3) is 3.72. The molecule has 1 aliphatic rings. The standard InChI is InChI=1S/C13H14BrN3O4/c1-7-2-8(14)4-9(3-7)16-13(21)17-6-11(18)15-5-10(17)12(19)20/h2-4,10H,5-6H2,1H3,(H,15,18)(H,16,21)(H,19,20). The fraction of sp³-hybridized carbons (Fsp3) is 0.308. The van der Waals surface area contributed by atoms with E-state index < -0.39 is 18.0 Å². The Bertz CT molecular complexity index is 585. The number of halogens is 1. The number of anilines is 1. The van der Waals surface area contributed by atoms with Gasteiger partial charge in [0.1, 0.15) is 12.6 Å². The number of nitrogens with one attached hydrogen (secondary N) is 2. The summed E-state index contributed by atoms with van der Waals surface area (Å²) in [5.41, 5.74) is 1.47. The molecule has 1 unspecified atom stereocenters. The number of hydrogen-bond acceptors (Lipinski definition) is 3. The number of benzene rings is 1. The van der Waals surface area contributed by atoms with Gasteiger partial charge in [-0.15, -0.1) is 0 Å². The van der Waals surface area contributed by atoms with Crippen LogP contribution in [0.1, 0.15) is 5.56 Å². The molecule has 0 aliphatic carbocycles. The summed E-state index contributed by atoms with van der Waals surface area (Å²) in [6.45, 7) is 1.49. The van der Waals surface area contributed by atoms with Crippen molar-refractivity contribution in [3.63, 3.8) is 0 Å². The van der Waals surface area contributed by atoms with Crippen LogP contribution in [0.15, 0.2) is 22.7 Å². The molecule has 1 aliphatic heterocycles. The van der Waals surface area contributed by atoms with Crippen LogP contribution in [-0.2, 0) is 9.59 Å². The molecule has 21 heavy (non-hydrogen) atoms. The number of aliphatic carboxylic acids is 1. The van der Waals surface area contributed by atoms with Crippen LogP contribution in [0.4, 0.5) is 10.5 Å². The lowest BCUT2D eigenvalue weighted by molar-refractivity contribution is -0.144. The number of aryl methyl sites for hydroxylation is 1. The smallest absolute Gasteiger partial charge is 0.328 e. The van der Waals surface area contributed by atoms with Crippen LogP contribution < -0.4 is 10.6 Å². The first kappa shape index (κ1) is 15.3. The summed E-state index contributed by atoms with van der Waals surface area (Å²) in [6, 6.07) is 3.64. The first-order valence-electron chi connectivity index (χ1n) is 6.21. The topological polar surface area (TPSA) is 98.7 Å². The van der Waals surface area contributed by atoms with Crippen molar-refractivity contribution in [3.05, 3.63) is 28.2 Å². The van der Waals surface area contributed by atoms with E-state index in [1.54, 1.807) is 12.1 Å². The molecule has 0 saturated carbocycles. The van der Waals surface area contributed by atoms with Crippen molar-refractivity contribution < 1.29 is 19.5 Å². The predicted molar refractivity (Wildman–Crippen MR) is 79.0 cm³/mol. The Balaban J connectivity index is 2.16. The fourth-order valence-corrected chi connectivity index (χ4v) is 2.69. The normalized spacial score (nSPS) is 18.1. The van der Waals surface area contributed by atoms with Gasteiger partial charge in [0.05, 0.1) is 0 Å². The molecular formula is C13H14BrN3O4. The van der Waals surface area contributed by atoms with E-state index in [4.69, 9.17) is 5.11 Å². The molecule has 3 N–H and O–H groups in total. The minimum absolute atomic E-state index is 0.0981. The van der Waals surface area contributed by atoms with E-state index >= 15 is 0 Å². The summed E-state index contributed by atoms with van der Waals surface area (Å²) >= 11 is 3.32. The maximum atomic E-state index is 12.2. The Morgan fingerprint density at radius 1 is 1.43 bits per heavy atom. The lowest BCUT2D eigenvalue weighted by Gasteiger charge is -2.32. The molecule has 0 aromatic heterocycles. The average Bonchev–Trinajstić information content (AvgIpc) is 2.36. The number of urea groups is 1. The van der Waals surface area contributed by atoms with Gasteiger partial charge in [0.15, 0.2) is 0 Å². The Kier molecular flexibility index (Phi) is 4.46. The Morgan fingerprint density at radius 2 is 2.14 bits per heavy atom. The molecule has 1 atom stereocenters. The van der Waals surface area contributed by atoms with Crippen molar-refractivity contribution in [3.8, 4) is 0 Å². The van der Waals surface area contributed by atoms with Gasteiger partial charge < -0.3 is 15.7 Å². The van der Waals surface area contributed by atoms with Crippen molar-refractivity contribution in [2.24, 2.45) is 0 Å². The van der Waals surface area contributed by atoms with Crippen LogP contribution in [0, 0.1) is 6.92 Å². The Labute approximate surface area is 129 Å². The first-order chi connectivity index (χ1) is 9.86. The molecule has 0 bridgehead atoms. The van der Waals surface area contributed by atoms with Gasteiger partial charge in [0.25, 0.3) is 0 Å². The molecule has 112 valence electrons. The van der Waals surface area contributed by atoms with E-state index in [1.165, 1.54) is 0 Å². The van der Waals surface area contributed by atoms with E-state index in [0.717, 1.165) is 14.9 Å². The number of carbonyl (C=O) groups is 3. The SMILES string of the molecule is Cc1cc(Br)cc(NC(=O)N2CC(=O)NCC2C(=O)O)c1. The molecule has 0 radical (unpaired) electrons. The highest BCUT2D eigenvalue weighted by Gasteiger charge is 2.35. The number of amides is 3. The summed E-state index contributed by atoms with van der Waals surface area (Å²) in [5, 5.41) is 14.2. The highest BCUT2D eigenvalue weighted by atomic mass is 79.9. The Hall–Kier alpha value is -2.09.